The molecule has 0 aromatic rings. The van der Waals surface area contributed by atoms with Crippen LogP contribution >= 0.6 is 0 Å². The summed E-state index contributed by atoms with van der Waals surface area (Å²) in [6.45, 7) is 29.3. The number of ether oxygens (including phenoxy) is 10. The highest BCUT2D eigenvalue weighted by Crippen LogP contribution is 2.39. The van der Waals surface area contributed by atoms with Crippen molar-refractivity contribution in [3.63, 3.8) is 0 Å². The van der Waals surface area contributed by atoms with E-state index in [1.807, 2.05) is 48.5 Å². The highest BCUT2D eigenvalue weighted by Gasteiger charge is 2.51. The van der Waals surface area contributed by atoms with Crippen LogP contribution in [0.4, 0.5) is 0 Å². The van der Waals surface area contributed by atoms with Crippen LogP contribution in [-0.2, 0) is 66.6 Å². The van der Waals surface area contributed by atoms with Gasteiger partial charge >= 0.3 is 11.9 Å². The second-order valence-corrected chi connectivity index (χ2v) is 22.7. The summed E-state index contributed by atoms with van der Waals surface area (Å²) in [7, 11) is 4.32. The number of carbonyl (C=O) groups excluding carboxylic acids is 3. The van der Waals surface area contributed by atoms with Gasteiger partial charge in [0.15, 0.2) is 24.7 Å². The molecule has 0 aromatic heterocycles. The van der Waals surface area contributed by atoms with E-state index in [4.69, 9.17) is 52.2 Å². The number of Topliss-reactive ketones (excluding diaryl/α,β-unsaturated/α-hetero) is 1. The van der Waals surface area contributed by atoms with Gasteiger partial charge in [-0.15, -0.1) is 0 Å². The third kappa shape index (κ3) is 16.1. The number of ketones is 1. The van der Waals surface area contributed by atoms with E-state index in [1.54, 1.807) is 27.7 Å². The Bertz CT molecular complexity index is 1730. The molecule has 0 spiro atoms. The molecule has 0 radical (unpaired) electrons. The average molecular weight is 1030 g/mol. The van der Waals surface area contributed by atoms with Crippen molar-refractivity contribution in [2.24, 2.45) is 52.5 Å². The van der Waals surface area contributed by atoms with E-state index in [9.17, 15) is 24.9 Å². The normalized spacial score (nSPS) is 42.5. The number of cyclic esters (lactones) is 1. The van der Waals surface area contributed by atoms with Crippen molar-refractivity contribution in [2.75, 3.05) is 41.0 Å². The number of hydrogen-bond donors (Lipinski definition) is 3. The Balaban J connectivity index is 1.89. The first-order chi connectivity index (χ1) is 33.6. The summed E-state index contributed by atoms with van der Waals surface area (Å²) in [6, 6.07) is 0.0518. The zero-order chi connectivity index (χ0) is 54.1. The van der Waals surface area contributed by atoms with Crippen molar-refractivity contribution < 1.29 is 81.9 Å². The first-order valence-electron chi connectivity index (χ1n) is 26.5. The molecule has 4 aliphatic rings. The van der Waals surface area contributed by atoms with Gasteiger partial charge in [-0.2, -0.15) is 0 Å². The van der Waals surface area contributed by atoms with Crippen LogP contribution in [0.2, 0.25) is 0 Å². The van der Waals surface area contributed by atoms with Gasteiger partial charge < -0.3 is 67.5 Å². The maximum absolute atomic E-state index is 15.3. The number of methoxy groups -OCH3 is 2. The van der Waals surface area contributed by atoms with E-state index in [2.05, 4.69) is 30.8 Å². The summed E-state index contributed by atoms with van der Waals surface area (Å²) >= 11 is 0. The van der Waals surface area contributed by atoms with Crippen molar-refractivity contribution in [1.82, 2.24) is 4.90 Å². The average Bonchev–Trinajstić information content (AvgIpc) is 3.42. The minimum atomic E-state index is -2.01. The highest BCUT2D eigenvalue weighted by molar-refractivity contribution is 5.90. The Morgan fingerprint density at radius 1 is 0.792 bits per heavy atom. The molecule has 418 valence electrons. The number of hydrogen-bond acceptors (Lipinski definition) is 19. The van der Waals surface area contributed by atoms with E-state index >= 15 is 4.79 Å². The van der Waals surface area contributed by atoms with E-state index < -0.39 is 139 Å². The zero-order valence-corrected chi connectivity index (χ0v) is 46.7. The van der Waals surface area contributed by atoms with Crippen LogP contribution in [0.1, 0.15) is 130 Å². The van der Waals surface area contributed by atoms with E-state index in [1.165, 1.54) is 28.3 Å². The molecule has 0 saturated carbocycles. The molecular formula is C53H94N2O17. The quantitative estimate of drug-likeness (QED) is 0.132. The molecule has 4 aliphatic heterocycles. The van der Waals surface area contributed by atoms with Gasteiger partial charge in [-0.1, -0.05) is 67.5 Å². The van der Waals surface area contributed by atoms with Gasteiger partial charge in [0.25, 0.3) is 0 Å². The summed E-state index contributed by atoms with van der Waals surface area (Å²) in [5.41, 5.74) is -1.70. The van der Waals surface area contributed by atoms with Gasteiger partial charge in [0, 0.05) is 70.4 Å². The first-order valence-corrected chi connectivity index (χ1v) is 26.5. The van der Waals surface area contributed by atoms with Crippen molar-refractivity contribution >= 4 is 23.4 Å². The third-order valence-electron chi connectivity index (χ3n) is 15.0. The summed E-state index contributed by atoms with van der Waals surface area (Å²) in [5.74, 6) is -6.45. The molecule has 0 bridgehead atoms. The second-order valence-electron chi connectivity index (χ2n) is 22.7. The summed E-state index contributed by atoms with van der Waals surface area (Å²) in [4.78, 5) is 51.3. The predicted molar refractivity (Wildman–Crippen MR) is 266 cm³/mol. The molecule has 3 N–H and O–H groups in total. The van der Waals surface area contributed by atoms with E-state index in [0.717, 1.165) is 6.54 Å². The minimum absolute atomic E-state index is 0.0516. The molecule has 22 atom stereocenters. The van der Waals surface area contributed by atoms with Gasteiger partial charge in [0.1, 0.15) is 49.3 Å². The topological polar surface area (TPSA) is 229 Å². The van der Waals surface area contributed by atoms with Crippen molar-refractivity contribution in [2.45, 2.75) is 227 Å². The number of aliphatic hydroxyl groups is 3. The zero-order valence-electron chi connectivity index (χ0n) is 46.7. The molecule has 72 heavy (non-hydrogen) atoms. The van der Waals surface area contributed by atoms with Crippen LogP contribution < -0.4 is 0 Å². The number of carbonyl (C=O) groups is 3. The minimum Gasteiger partial charge on any atom is -0.461 e. The Kier molecular flexibility index (Phi) is 23.8. The van der Waals surface area contributed by atoms with Crippen LogP contribution in [-0.4, -0.2) is 182 Å². The Morgan fingerprint density at radius 2 is 1.44 bits per heavy atom. The standard InChI is InChI=1S/C53H94N2O17/c1-26(2)19-39(56)69-45-34(11)44(29(6)25-65-52-48(63-17)47(62-16)41(57)37(14)68-52)71-50(60)36(13)46(70-40-20-30(7)55(23-27(3)4)24-32(9)66-40)33(10)43(28(5)22-53(15,61)49(59)35(45)12)72-51-42(58)38(54-64-18)21-31(8)67-51/h26-37,40-48,51-52,57-58,61H,19-25H2,1-18H3/t28-,29-,30?,31+,32-,33+,34-,35+,36+,37+,40-,41+,42+,43-,44+,45+,46-,47+,48+,51-,52+,53-/m0/s1. The fourth-order valence-electron chi connectivity index (χ4n) is 11.3. The van der Waals surface area contributed by atoms with Crippen LogP contribution in [0.15, 0.2) is 5.16 Å². The molecule has 0 amide bonds. The molecule has 19 heteroatoms. The van der Waals surface area contributed by atoms with Crippen LogP contribution in [0.3, 0.4) is 0 Å². The fraction of sp³-hybridized carbons (Fsp3) is 0.925. The first kappa shape index (κ1) is 62.1. The molecule has 19 nitrogen and oxygen atoms in total. The van der Waals surface area contributed by atoms with Gasteiger partial charge in [0.05, 0.1) is 54.7 Å². The Morgan fingerprint density at radius 3 is 2.04 bits per heavy atom. The third-order valence-corrected chi connectivity index (χ3v) is 15.0. The molecule has 1 unspecified atom stereocenters. The maximum atomic E-state index is 15.3. The lowest BCUT2D eigenvalue weighted by Crippen LogP contribution is -2.59. The smallest absolute Gasteiger partial charge is 0.311 e. The van der Waals surface area contributed by atoms with Gasteiger partial charge in [0.2, 0.25) is 0 Å². The van der Waals surface area contributed by atoms with E-state index in [0.29, 0.717) is 24.6 Å². The summed E-state index contributed by atoms with van der Waals surface area (Å²) < 4.78 is 63.5. The van der Waals surface area contributed by atoms with Crippen molar-refractivity contribution in [3.05, 3.63) is 0 Å². The van der Waals surface area contributed by atoms with Crippen LogP contribution in [0, 0.1) is 47.3 Å². The Hall–Kier alpha value is -2.40. The molecular weight excluding hydrogens is 937 g/mol. The SMILES string of the molecule is CON=C1C[C@@H](C)O[C@@H](O[C@@H]2[C@@H](C)[C@H](O[C@H]3CC(C)N(CC(C)C)C[C@H](C)O3)[C@@H](C)C(=O)O[C@H]([C@@H](C)CO[C@@H]3O[C@H](C)[C@@H](O)[C@@H](OC)[C@H]3OC)[C@H](C)[C@@H](OC(=O)CC(C)C)[C@@H](C)C(=O)[C@@](C)(O)C[C@@H]2C)[C@@H]1O. The predicted octanol–water partition coefficient (Wildman–Crippen LogP) is 5.30. The van der Waals surface area contributed by atoms with Crippen molar-refractivity contribution in [3.8, 4) is 0 Å². The van der Waals surface area contributed by atoms with Gasteiger partial charge in [-0.3, -0.25) is 19.3 Å². The van der Waals surface area contributed by atoms with Crippen LogP contribution in [0.25, 0.3) is 0 Å². The molecule has 0 aromatic carbocycles. The molecule has 4 rings (SSSR count). The molecule has 4 heterocycles. The van der Waals surface area contributed by atoms with Gasteiger partial charge in [-0.05, 0) is 65.7 Å². The van der Waals surface area contributed by atoms with Crippen LogP contribution in [0.5, 0.6) is 0 Å². The van der Waals surface area contributed by atoms with E-state index in [-0.39, 0.29) is 43.9 Å². The van der Waals surface area contributed by atoms with Gasteiger partial charge in [-0.25, -0.2) is 0 Å². The number of aliphatic hydroxyl groups excluding tert-OH is 2. The lowest BCUT2D eigenvalue weighted by atomic mass is 9.74. The largest absolute Gasteiger partial charge is 0.461 e. The lowest BCUT2D eigenvalue weighted by Gasteiger charge is -2.44. The molecule has 0 aliphatic carbocycles. The monoisotopic (exact) mass is 1030 g/mol. The number of rotatable bonds is 16. The maximum Gasteiger partial charge on any atom is 0.311 e. The highest BCUT2D eigenvalue weighted by atomic mass is 16.7. The molecule has 4 fully saturated rings. The summed E-state index contributed by atoms with van der Waals surface area (Å²) in [6.07, 6.45) is -11.8. The number of oxime groups is 1. The molecule has 4 saturated heterocycles. The summed E-state index contributed by atoms with van der Waals surface area (Å²) in [5, 5.41) is 39.0. The Labute approximate surface area is 429 Å². The second kappa shape index (κ2) is 27.6. The number of esters is 2. The van der Waals surface area contributed by atoms with Crippen molar-refractivity contribution in [1.29, 1.82) is 0 Å². The lowest BCUT2D eigenvalue weighted by molar-refractivity contribution is -0.305. The fourth-order valence-corrected chi connectivity index (χ4v) is 11.3. The number of nitrogens with zero attached hydrogens (tertiary/aromatic N) is 2.